The molecule has 2 N–H and O–H groups in total. The van der Waals surface area contributed by atoms with Crippen molar-refractivity contribution in [1.29, 1.82) is 0 Å². The number of aromatic amines is 1. The Kier molecular flexibility index (Phi) is 4.06. The molecule has 4 aromatic rings. The normalized spacial score (nSPS) is 10.9. The summed E-state index contributed by atoms with van der Waals surface area (Å²) in [7, 11) is 0. The smallest absolute Gasteiger partial charge is 0.155 e. The van der Waals surface area contributed by atoms with Crippen molar-refractivity contribution < 1.29 is 0 Å². The molecule has 24 heavy (non-hydrogen) atoms. The summed E-state index contributed by atoms with van der Waals surface area (Å²) in [6, 6.07) is 14.0. The largest absolute Gasteiger partial charge is 0.323 e. The minimum atomic E-state index is 0.430. The average Bonchev–Trinajstić information content (AvgIpc) is 3.09. The number of benzene rings is 1. The molecule has 0 bridgehead atoms. The summed E-state index contributed by atoms with van der Waals surface area (Å²) in [6.07, 6.45) is 5.28. The highest BCUT2D eigenvalue weighted by molar-refractivity contribution is 8.00. The highest BCUT2D eigenvalue weighted by atomic mass is 35.5. The van der Waals surface area contributed by atoms with Crippen LogP contribution in [0.25, 0.3) is 22.2 Å². The number of hydrogen-bond donors (Lipinski definition) is 2. The number of aromatic nitrogens is 4. The van der Waals surface area contributed by atoms with Crippen LogP contribution < -0.4 is 4.72 Å². The predicted molar refractivity (Wildman–Crippen MR) is 98.1 cm³/mol. The van der Waals surface area contributed by atoms with Crippen molar-refractivity contribution in [2.24, 2.45) is 0 Å². The van der Waals surface area contributed by atoms with Crippen LogP contribution in [-0.2, 0) is 0 Å². The number of nitrogens with one attached hydrogen (secondary N) is 2. The molecule has 4 rings (SSSR count). The van der Waals surface area contributed by atoms with Gasteiger partial charge in [-0.2, -0.15) is 5.10 Å². The molecule has 0 aliphatic carbocycles. The van der Waals surface area contributed by atoms with Gasteiger partial charge in [0, 0.05) is 33.8 Å². The monoisotopic (exact) mass is 353 g/mol. The average molecular weight is 354 g/mol. The number of halogens is 1. The Hall–Kier alpha value is -2.57. The van der Waals surface area contributed by atoms with Crippen molar-refractivity contribution in [3.05, 3.63) is 66.2 Å². The van der Waals surface area contributed by atoms with Gasteiger partial charge in [0.1, 0.15) is 0 Å². The van der Waals surface area contributed by atoms with Gasteiger partial charge in [-0.1, -0.05) is 29.8 Å². The van der Waals surface area contributed by atoms with E-state index in [1.807, 2.05) is 42.5 Å². The van der Waals surface area contributed by atoms with E-state index in [0.29, 0.717) is 5.15 Å². The molecule has 1 aromatic carbocycles. The van der Waals surface area contributed by atoms with Gasteiger partial charge in [0.25, 0.3) is 0 Å². The zero-order chi connectivity index (χ0) is 16.4. The molecule has 0 fully saturated rings. The number of rotatable bonds is 4. The Morgan fingerprint density at radius 1 is 0.958 bits per heavy atom. The molecule has 0 saturated carbocycles. The molecule has 3 heterocycles. The van der Waals surface area contributed by atoms with Gasteiger partial charge in [-0.25, -0.2) is 9.97 Å². The molecule has 0 atom stereocenters. The SMILES string of the molecule is Clc1ncc(-c2cnc3[nH]ncc3c2)cc1NSc1ccccc1. The minimum Gasteiger partial charge on any atom is -0.323 e. The van der Waals surface area contributed by atoms with Crippen LogP contribution in [0.3, 0.4) is 0 Å². The summed E-state index contributed by atoms with van der Waals surface area (Å²) < 4.78 is 3.25. The van der Waals surface area contributed by atoms with E-state index in [1.54, 1.807) is 18.6 Å². The van der Waals surface area contributed by atoms with Crippen LogP contribution in [0.4, 0.5) is 5.69 Å². The van der Waals surface area contributed by atoms with Crippen molar-refractivity contribution in [3.63, 3.8) is 0 Å². The van der Waals surface area contributed by atoms with Gasteiger partial charge < -0.3 is 4.72 Å². The first-order valence-electron chi connectivity index (χ1n) is 7.22. The first kappa shape index (κ1) is 15.0. The fourth-order valence-corrected chi connectivity index (χ4v) is 3.16. The highest BCUT2D eigenvalue weighted by Crippen LogP contribution is 2.30. The van der Waals surface area contributed by atoms with Crippen molar-refractivity contribution in [1.82, 2.24) is 20.2 Å². The van der Waals surface area contributed by atoms with Gasteiger partial charge in [0.05, 0.1) is 11.9 Å². The predicted octanol–water partition coefficient (Wildman–Crippen LogP) is 4.79. The molecule has 5 nitrogen and oxygen atoms in total. The maximum absolute atomic E-state index is 6.21. The molecule has 0 amide bonds. The summed E-state index contributed by atoms with van der Waals surface area (Å²) in [5.41, 5.74) is 3.42. The van der Waals surface area contributed by atoms with E-state index < -0.39 is 0 Å². The van der Waals surface area contributed by atoms with Crippen LogP contribution in [0, 0.1) is 0 Å². The van der Waals surface area contributed by atoms with Crippen LogP contribution in [0.5, 0.6) is 0 Å². The molecule has 7 heteroatoms. The van der Waals surface area contributed by atoms with Gasteiger partial charge in [-0.3, -0.25) is 5.10 Å². The van der Waals surface area contributed by atoms with Gasteiger partial charge in [-0.15, -0.1) is 0 Å². The highest BCUT2D eigenvalue weighted by Gasteiger charge is 2.08. The third-order valence-electron chi connectivity index (χ3n) is 3.49. The lowest BCUT2D eigenvalue weighted by Crippen LogP contribution is -1.92. The number of anilines is 1. The van der Waals surface area contributed by atoms with E-state index in [2.05, 4.69) is 24.9 Å². The van der Waals surface area contributed by atoms with Crippen molar-refractivity contribution in [2.75, 3.05) is 4.72 Å². The molecule has 0 saturated heterocycles. The topological polar surface area (TPSA) is 66.5 Å². The van der Waals surface area contributed by atoms with E-state index in [9.17, 15) is 0 Å². The van der Waals surface area contributed by atoms with Gasteiger partial charge in [-0.05, 0) is 36.2 Å². The maximum atomic E-state index is 6.21. The molecular weight excluding hydrogens is 342 g/mol. The second kappa shape index (κ2) is 6.51. The number of pyridine rings is 2. The maximum Gasteiger partial charge on any atom is 0.155 e. The lowest BCUT2D eigenvalue weighted by Gasteiger charge is -2.09. The summed E-state index contributed by atoms with van der Waals surface area (Å²) in [4.78, 5) is 9.73. The van der Waals surface area contributed by atoms with E-state index in [4.69, 9.17) is 11.6 Å². The Bertz CT molecular complexity index is 987. The molecule has 0 aliphatic rings. The number of hydrogen-bond acceptors (Lipinski definition) is 5. The summed E-state index contributed by atoms with van der Waals surface area (Å²) in [5.74, 6) is 0. The third-order valence-corrected chi connectivity index (χ3v) is 4.62. The lowest BCUT2D eigenvalue weighted by atomic mass is 10.1. The van der Waals surface area contributed by atoms with Gasteiger partial charge in [0.15, 0.2) is 10.8 Å². The molecule has 0 aliphatic heterocycles. The Balaban J connectivity index is 1.62. The number of H-pyrrole nitrogens is 1. The first-order valence-corrected chi connectivity index (χ1v) is 8.42. The van der Waals surface area contributed by atoms with Crippen LogP contribution in [0.15, 0.2) is 66.0 Å². The third kappa shape index (κ3) is 3.06. The molecule has 0 unspecified atom stereocenters. The zero-order valence-electron chi connectivity index (χ0n) is 12.4. The molecular formula is C17H12ClN5S. The van der Waals surface area contributed by atoms with Crippen LogP contribution in [-0.4, -0.2) is 20.2 Å². The Labute approximate surface area is 147 Å². The van der Waals surface area contributed by atoms with Crippen molar-refractivity contribution in [3.8, 4) is 11.1 Å². The first-order chi connectivity index (χ1) is 11.8. The van der Waals surface area contributed by atoms with Crippen LogP contribution in [0.1, 0.15) is 0 Å². The lowest BCUT2D eigenvalue weighted by molar-refractivity contribution is 1.10. The van der Waals surface area contributed by atoms with Crippen molar-refractivity contribution >= 4 is 40.3 Å². The van der Waals surface area contributed by atoms with E-state index in [1.165, 1.54) is 11.9 Å². The molecule has 118 valence electrons. The summed E-state index contributed by atoms with van der Waals surface area (Å²) in [6.45, 7) is 0. The molecule has 3 aromatic heterocycles. The van der Waals surface area contributed by atoms with Crippen molar-refractivity contribution in [2.45, 2.75) is 4.90 Å². The second-order valence-corrected chi connectivity index (χ2v) is 6.35. The zero-order valence-corrected chi connectivity index (χ0v) is 14.0. The van der Waals surface area contributed by atoms with Gasteiger partial charge >= 0.3 is 0 Å². The van der Waals surface area contributed by atoms with Crippen LogP contribution >= 0.6 is 23.5 Å². The van der Waals surface area contributed by atoms with E-state index >= 15 is 0 Å². The summed E-state index contributed by atoms with van der Waals surface area (Å²) in [5, 5.41) is 8.22. The standard InChI is InChI=1S/C17H12ClN5S/c18-16-15(23-24-14-4-2-1-3-5-14)7-12(8-19-16)11-6-13-10-21-22-17(13)20-9-11/h1-10,23H,(H,20,21,22). The second-order valence-electron chi connectivity index (χ2n) is 5.11. The fraction of sp³-hybridized carbons (Fsp3) is 0. The number of nitrogens with zero attached hydrogens (tertiary/aromatic N) is 3. The molecule has 0 radical (unpaired) electrons. The fourth-order valence-electron chi connectivity index (χ4n) is 2.27. The number of fused-ring (bicyclic) bond motifs is 1. The Morgan fingerprint density at radius 3 is 2.62 bits per heavy atom. The minimum absolute atomic E-state index is 0.430. The van der Waals surface area contributed by atoms with E-state index in [-0.39, 0.29) is 0 Å². The molecule has 0 spiro atoms. The summed E-state index contributed by atoms with van der Waals surface area (Å²) >= 11 is 7.70. The van der Waals surface area contributed by atoms with Gasteiger partial charge in [0.2, 0.25) is 0 Å². The Morgan fingerprint density at radius 2 is 1.75 bits per heavy atom. The van der Waals surface area contributed by atoms with Crippen LogP contribution in [0.2, 0.25) is 5.15 Å². The van der Waals surface area contributed by atoms with E-state index in [0.717, 1.165) is 32.7 Å². The quantitative estimate of drug-likeness (QED) is 0.408.